The molecule has 0 spiro atoms. The summed E-state index contributed by atoms with van der Waals surface area (Å²) in [5, 5.41) is 0. The highest BCUT2D eigenvalue weighted by atomic mass is 19.2. The van der Waals surface area contributed by atoms with E-state index in [1.807, 2.05) is 6.92 Å². The van der Waals surface area contributed by atoms with Gasteiger partial charge >= 0.3 is 0 Å². The van der Waals surface area contributed by atoms with E-state index in [0.29, 0.717) is 24.3 Å². The first-order chi connectivity index (χ1) is 7.58. The molecule has 0 bridgehead atoms. The monoisotopic (exact) mass is 231 g/mol. The largest absolute Gasteiger partial charge is 0.328 e. The van der Waals surface area contributed by atoms with Gasteiger partial charge in [-0.25, -0.2) is 8.78 Å². The van der Waals surface area contributed by atoms with Gasteiger partial charge in [-0.1, -0.05) is 6.92 Å². The maximum absolute atomic E-state index is 13.5. The molecule has 2 saturated carbocycles. The lowest BCUT2D eigenvalue weighted by molar-refractivity contribution is 0.0204. The molecule has 1 nitrogen and oxygen atoms in total. The summed E-state index contributed by atoms with van der Waals surface area (Å²) in [6, 6.07) is 0.340. The van der Waals surface area contributed by atoms with Crippen LogP contribution in [-0.4, -0.2) is 18.4 Å². The molecule has 3 heteroatoms. The normalized spacial score (nSPS) is 50.2. The fraction of sp³-hybridized carbons (Fsp3) is 1.00. The van der Waals surface area contributed by atoms with E-state index in [1.54, 1.807) is 0 Å². The maximum Gasteiger partial charge on any atom is 0.134 e. The van der Waals surface area contributed by atoms with Crippen LogP contribution < -0.4 is 5.73 Å². The van der Waals surface area contributed by atoms with E-state index in [4.69, 9.17) is 5.73 Å². The Kier molecular flexibility index (Phi) is 3.83. The molecule has 2 aliphatic rings. The summed E-state index contributed by atoms with van der Waals surface area (Å²) in [5.74, 6) is 0.877. The average molecular weight is 231 g/mol. The molecule has 0 amide bonds. The number of hydrogen-bond donors (Lipinski definition) is 1. The molecule has 0 aliphatic heterocycles. The van der Waals surface area contributed by atoms with Crippen molar-refractivity contribution in [2.45, 2.75) is 63.8 Å². The first kappa shape index (κ1) is 12.3. The Morgan fingerprint density at radius 2 is 1.56 bits per heavy atom. The molecule has 0 aromatic rings. The topological polar surface area (TPSA) is 26.0 Å². The molecule has 2 N–H and O–H groups in total. The molecular formula is C13H23F2N. The van der Waals surface area contributed by atoms with Gasteiger partial charge in [-0.05, 0) is 56.3 Å². The molecule has 2 aliphatic carbocycles. The van der Waals surface area contributed by atoms with Gasteiger partial charge in [0.25, 0.3) is 0 Å². The van der Waals surface area contributed by atoms with E-state index in [2.05, 4.69) is 0 Å². The molecule has 0 heterocycles. The quantitative estimate of drug-likeness (QED) is 0.736. The van der Waals surface area contributed by atoms with Crippen molar-refractivity contribution in [1.29, 1.82) is 0 Å². The molecule has 4 atom stereocenters. The smallest absolute Gasteiger partial charge is 0.134 e. The van der Waals surface area contributed by atoms with Gasteiger partial charge in [-0.3, -0.25) is 0 Å². The fourth-order valence-corrected chi connectivity index (χ4v) is 3.48. The van der Waals surface area contributed by atoms with E-state index >= 15 is 0 Å². The van der Waals surface area contributed by atoms with Crippen molar-refractivity contribution in [3.05, 3.63) is 0 Å². The van der Waals surface area contributed by atoms with E-state index in [0.717, 1.165) is 32.1 Å². The minimum absolute atomic E-state index is 0.107. The Hall–Kier alpha value is -0.180. The van der Waals surface area contributed by atoms with Crippen LogP contribution in [0.1, 0.15) is 45.4 Å². The minimum atomic E-state index is -1.23. The zero-order valence-corrected chi connectivity index (χ0v) is 10.0. The lowest BCUT2D eigenvalue weighted by atomic mass is 9.69. The number of nitrogens with two attached hydrogens (primary N) is 1. The van der Waals surface area contributed by atoms with E-state index in [9.17, 15) is 8.78 Å². The zero-order chi connectivity index (χ0) is 11.7. The van der Waals surface area contributed by atoms with Crippen molar-refractivity contribution in [1.82, 2.24) is 0 Å². The molecule has 2 fully saturated rings. The zero-order valence-electron chi connectivity index (χ0n) is 10.0. The number of halogens is 2. The van der Waals surface area contributed by atoms with Crippen molar-refractivity contribution < 1.29 is 8.78 Å². The third-order valence-electron chi connectivity index (χ3n) is 4.57. The third-order valence-corrected chi connectivity index (χ3v) is 4.57. The lowest BCUT2D eigenvalue weighted by Gasteiger charge is -2.39. The second-order valence-corrected chi connectivity index (χ2v) is 5.84. The summed E-state index contributed by atoms with van der Waals surface area (Å²) in [6.45, 7) is 1.85. The van der Waals surface area contributed by atoms with Gasteiger partial charge in [-0.15, -0.1) is 0 Å². The van der Waals surface area contributed by atoms with Crippen LogP contribution in [0.4, 0.5) is 8.78 Å². The summed E-state index contributed by atoms with van der Waals surface area (Å²) >= 11 is 0. The van der Waals surface area contributed by atoms with Gasteiger partial charge < -0.3 is 5.73 Å². The first-order valence-corrected chi connectivity index (χ1v) is 6.61. The summed E-state index contributed by atoms with van der Waals surface area (Å²) in [6.07, 6.45) is 3.18. The summed E-state index contributed by atoms with van der Waals surface area (Å²) in [7, 11) is 0. The van der Waals surface area contributed by atoms with Crippen LogP contribution in [0.2, 0.25) is 0 Å². The molecule has 2 rings (SSSR count). The molecule has 0 saturated heterocycles. The molecule has 0 aromatic carbocycles. The van der Waals surface area contributed by atoms with Gasteiger partial charge in [0, 0.05) is 6.04 Å². The second-order valence-electron chi connectivity index (χ2n) is 5.84. The van der Waals surface area contributed by atoms with Crippen LogP contribution in [0.25, 0.3) is 0 Å². The minimum Gasteiger partial charge on any atom is -0.328 e. The van der Waals surface area contributed by atoms with E-state index in [1.165, 1.54) is 0 Å². The summed E-state index contributed by atoms with van der Waals surface area (Å²) in [5.41, 5.74) is 5.87. The van der Waals surface area contributed by atoms with Crippen LogP contribution in [0.15, 0.2) is 0 Å². The van der Waals surface area contributed by atoms with Crippen LogP contribution >= 0.6 is 0 Å². The average Bonchev–Trinajstić information content (AvgIpc) is 2.26. The fourth-order valence-electron chi connectivity index (χ4n) is 3.48. The van der Waals surface area contributed by atoms with Crippen LogP contribution in [0.5, 0.6) is 0 Å². The highest BCUT2D eigenvalue weighted by Gasteiger charge is 2.39. The molecule has 4 unspecified atom stereocenters. The Morgan fingerprint density at radius 3 is 2.12 bits per heavy atom. The molecule has 94 valence electrons. The lowest BCUT2D eigenvalue weighted by Crippen LogP contribution is -2.39. The molecule has 0 radical (unpaired) electrons. The molecule has 0 aromatic heterocycles. The number of hydrogen-bond acceptors (Lipinski definition) is 1. The SMILES string of the molecule is CC1CC(C2CCC(N)CC2)CC(F)C1F. The highest BCUT2D eigenvalue weighted by Crippen LogP contribution is 2.41. The predicted octanol–water partition coefficient (Wildman–Crippen LogP) is 3.23. The van der Waals surface area contributed by atoms with Crippen molar-refractivity contribution in [3.63, 3.8) is 0 Å². The Morgan fingerprint density at radius 1 is 0.938 bits per heavy atom. The van der Waals surface area contributed by atoms with Gasteiger partial charge in [0.15, 0.2) is 0 Å². The summed E-state index contributed by atoms with van der Waals surface area (Å²) < 4.78 is 26.9. The predicted molar refractivity (Wildman–Crippen MR) is 61.6 cm³/mol. The van der Waals surface area contributed by atoms with Crippen LogP contribution in [0.3, 0.4) is 0 Å². The summed E-state index contributed by atoms with van der Waals surface area (Å²) in [4.78, 5) is 0. The van der Waals surface area contributed by atoms with Crippen molar-refractivity contribution in [2.24, 2.45) is 23.5 Å². The van der Waals surface area contributed by atoms with Gasteiger partial charge in [0.05, 0.1) is 0 Å². The Labute approximate surface area is 96.8 Å². The molecular weight excluding hydrogens is 208 g/mol. The second kappa shape index (κ2) is 4.99. The van der Waals surface area contributed by atoms with E-state index in [-0.39, 0.29) is 5.92 Å². The van der Waals surface area contributed by atoms with Crippen molar-refractivity contribution in [3.8, 4) is 0 Å². The van der Waals surface area contributed by atoms with Crippen LogP contribution in [0, 0.1) is 17.8 Å². The highest BCUT2D eigenvalue weighted by molar-refractivity contribution is 4.89. The maximum atomic E-state index is 13.5. The van der Waals surface area contributed by atoms with Gasteiger partial charge in [0.2, 0.25) is 0 Å². The Bertz CT molecular complexity index is 214. The first-order valence-electron chi connectivity index (χ1n) is 6.61. The standard InChI is InChI=1S/C13H23F2N/c1-8-6-10(7-12(14)13(8)15)9-2-4-11(16)5-3-9/h8-13H,2-7,16H2,1H3. The Balaban J connectivity index is 1.90. The van der Waals surface area contributed by atoms with Crippen molar-refractivity contribution in [2.75, 3.05) is 0 Å². The number of rotatable bonds is 1. The molecule has 16 heavy (non-hydrogen) atoms. The van der Waals surface area contributed by atoms with Gasteiger partial charge in [-0.2, -0.15) is 0 Å². The van der Waals surface area contributed by atoms with E-state index < -0.39 is 12.3 Å². The van der Waals surface area contributed by atoms with Crippen LogP contribution in [-0.2, 0) is 0 Å². The van der Waals surface area contributed by atoms with Crippen molar-refractivity contribution >= 4 is 0 Å². The number of alkyl halides is 2. The van der Waals surface area contributed by atoms with Gasteiger partial charge in [0.1, 0.15) is 12.3 Å². The third kappa shape index (κ3) is 2.55.